The van der Waals surface area contributed by atoms with Crippen LogP contribution in [0.25, 0.3) is 0 Å². The fourth-order valence-electron chi connectivity index (χ4n) is 3.43. The number of sulfonamides is 1. The van der Waals surface area contributed by atoms with Gasteiger partial charge in [-0.1, -0.05) is 13.3 Å². The molecule has 0 aromatic carbocycles. The van der Waals surface area contributed by atoms with Gasteiger partial charge in [0, 0.05) is 44.6 Å². The molecule has 0 aliphatic carbocycles. The highest BCUT2D eigenvalue weighted by atomic mass is 32.2. The van der Waals surface area contributed by atoms with E-state index < -0.39 is 10.0 Å². The number of nitrogens with one attached hydrogen (secondary N) is 1. The van der Waals surface area contributed by atoms with E-state index in [1.807, 2.05) is 13.8 Å². The smallest absolute Gasteiger partial charge is 0.242 e. The first-order valence-electron chi connectivity index (χ1n) is 9.78. The minimum atomic E-state index is -3.56. The molecule has 1 fully saturated rings. The summed E-state index contributed by atoms with van der Waals surface area (Å²) in [6.45, 7) is 6.74. The zero-order chi connectivity index (χ0) is 20.9. The van der Waals surface area contributed by atoms with E-state index in [4.69, 9.17) is 0 Å². The first-order valence-corrected chi connectivity index (χ1v) is 11.3. The van der Waals surface area contributed by atoms with Crippen LogP contribution in [0, 0.1) is 11.3 Å². The van der Waals surface area contributed by atoms with Gasteiger partial charge in [-0.3, -0.25) is 0 Å². The van der Waals surface area contributed by atoms with Crippen LogP contribution in [0.5, 0.6) is 0 Å². The molecule has 1 unspecified atom stereocenters. The third-order valence-electron chi connectivity index (χ3n) is 4.92. The number of hydrogen-bond donors (Lipinski definition) is 1. The Bertz CT molecular complexity index is 963. The van der Waals surface area contributed by atoms with Crippen LogP contribution in [0.3, 0.4) is 0 Å². The number of nitriles is 1. The summed E-state index contributed by atoms with van der Waals surface area (Å²) in [5, 5.41) is 9.26. The van der Waals surface area contributed by atoms with Crippen LogP contribution < -0.4 is 14.5 Å². The Morgan fingerprint density at radius 2 is 1.90 bits per heavy atom. The summed E-state index contributed by atoms with van der Waals surface area (Å²) in [7, 11) is -3.56. The van der Waals surface area contributed by atoms with Crippen molar-refractivity contribution in [2.24, 2.45) is 0 Å². The van der Waals surface area contributed by atoms with E-state index in [1.54, 1.807) is 30.5 Å². The molecule has 8 nitrogen and oxygen atoms in total. The van der Waals surface area contributed by atoms with Gasteiger partial charge in [-0.2, -0.15) is 5.26 Å². The molecule has 9 heteroatoms. The van der Waals surface area contributed by atoms with Crippen LogP contribution in [0.15, 0.2) is 41.6 Å². The first kappa shape index (κ1) is 21.0. The molecule has 0 radical (unpaired) electrons. The van der Waals surface area contributed by atoms with Crippen molar-refractivity contribution in [3.8, 4) is 6.07 Å². The number of hydrogen-bond acceptors (Lipinski definition) is 7. The fourth-order valence-corrected chi connectivity index (χ4v) is 4.65. The van der Waals surface area contributed by atoms with Crippen molar-refractivity contribution in [2.45, 2.75) is 37.6 Å². The number of anilines is 2. The average molecular weight is 415 g/mol. The summed E-state index contributed by atoms with van der Waals surface area (Å²) < 4.78 is 27.6. The molecule has 0 bridgehead atoms. The van der Waals surface area contributed by atoms with E-state index in [0.29, 0.717) is 37.6 Å². The van der Waals surface area contributed by atoms with E-state index in [-0.39, 0.29) is 10.9 Å². The Labute approximate surface area is 172 Å². The quantitative estimate of drug-likeness (QED) is 0.740. The van der Waals surface area contributed by atoms with E-state index in [9.17, 15) is 13.7 Å². The Morgan fingerprint density at radius 3 is 2.52 bits per heavy atom. The van der Waals surface area contributed by atoms with E-state index in [2.05, 4.69) is 30.6 Å². The maximum atomic E-state index is 12.5. The Hall–Kier alpha value is -2.70. The first-order chi connectivity index (χ1) is 13.9. The van der Waals surface area contributed by atoms with Gasteiger partial charge in [0.05, 0.1) is 5.56 Å². The highest BCUT2D eigenvalue weighted by molar-refractivity contribution is 7.89. The second-order valence-electron chi connectivity index (χ2n) is 7.12. The lowest BCUT2D eigenvalue weighted by Crippen LogP contribution is -2.47. The molecule has 0 saturated carbocycles. The lowest BCUT2D eigenvalue weighted by Gasteiger charge is -2.36. The number of aromatic nitrogens is 2. The third-order valence-corrected chi connectivity index (χ3v) is 6.49. The lowest BCUT2D eigenvalue weighted by atomic mass is 10.2. The normalized spacial score (nSPS) is 15.8. The van der Waals surface area contributed by atoms with Crippen LogP contribution in [0.2, 0.25) is 0 Å². The van der Waals surface area contributed by atoms with Gasteiger partial charge in [-0.25, -0.2) is 23.1 Å². The molecule has 2 aromatic rings. The van der Waals surface area contributed by atoms with Crippen LogP contribution in [-0.4, -0.2) is 50.6 Å². The molecule has 1 aliphatic rings. The van der Waals surface area contributed by atoms with Gasteiger partial charge in [0.1, 0.15) is 22.6 Å². The van der Waals surface area contributed by atoms with Crippen molar-refractivity contribution in [1.82, 2.24) is 14.7 Å². The minimum Gasteiger partial charge on any atom is -0.353 e. The van der Waals surface area contributed by atoms with Gasteiger partial charge >= 0.3 is 0 Å². The molecule has 3 heterocycles. The number of rotatable bonds is 7. The van der Waals surface area contributed by atoms with Crippen molar-refractivity contribution in [2.75, 3.05) is 36.0 Å². The summed E-state index contributed by atoms with van der Waals surface area (Å²) in [6.07, 6.45) is 4.81. The Morgan fingerprint density at radius 1 is 1.17 bits per heavy atom. The standard InChI is InChI=1S/C20H26N6O2S/c1-3-5-16(2)24-29(27,28)18-7-8-19(23-15-18)25-10-12-26(13-11-25)20-17(14-21)6-4-9-22-20/h4,6-9,15-16,24H,3,5,10-13H2,1-2H3. The average Bonchev–Trinajstić information content (AvgIpc) is 2.74. The van der Waals surface area contributed by atoms with E-state index >= 15 is 0 Å². The molecule has 1 N–H and O–H groups in total. The van der Waals surface area contributed by atoms with Crippen molar-refractivity contribution in [1.29, 1.82) is 5.26 Å². The predicted molar refractivity (Wildman–Crippen MR) is 112 cm³/mol. The van der Waals surface area contributed by atoms with Gasteiger partial charge in [-0.15, -0.1) is 0 Å². The molecule has 0 amide bonds. The Kier molecular flexibility index (Phi) is 6.67. The third kappa shape index (κ3) is 5.02. The second-order valence-corrected chi connectivity index (χ2v) is 8.84. The number of nitrogens with zero attached hydrogens (tertiary/aromatic N) is 5. The summed E-state index contributed by atoms with van der Waals surface area (Å²) in [5.41, 5.74) is 0.568. The molecule has 1 atom stereocenters. The van der Waals surface area contributed by atoms with Crippen LogP contribution in [0.4, 0.5) is 11.6 Å². The highest BCUT2D eigenvalue weighted by Crippen LogP contribution is 2.21. The van der Waals surface area contributed by atoms with Gasteiger partial charge in [-0.05, 0) is 37.6 Å². The molecule has 29 heavy (non-hydrogen) atoms. The fraction of sp³-hybridized carbons (Fsp3) is 0.450. The van der Waals surface area contributed by atoms with Crippen LogP contribution >= 0.6 is 0 Å². The maximum Gasteiger partial charge on any atom is 0.242 e. The van der Waals surface area contributed by atoms with Crippen molar-refractivity contribution in [3.63, 3.8) is 0 Å². The second kappa shape index (κ2) is 9.20. The maximum absolute atomic E-state index is 12.5. The number of piperazine rings is 1. The largest absolute Gasteiger partial charge is 0.353 e. The van der Waals surface area contributed by atoms with Gasteiger partial charge in [0.2, 0.25) is 10.0 Å². The topological polar surface area (TPSA) is 102 Å². The molecule has 1 saturated heterocycles. The molecule has 1 aliphatic heterocycles. The molecule has 0 spiro atoms. The Balaban J connectivity index is 1.64. The van der Waals surface area contributed by atoms with Crippen LogP contribution in [0.1, 0.15) is 32.3 Å². The molecule has 154 valence electrons. The number of pyridine rings is 2. The highest BCUT2D eigenvalue weighted by Gasteiger charge is 2.22. The van der Waals surface area contributed by atoms with Gasteiger partial charge in [0.15, 0.2) is 0 Å². The van der Waals surface area contributed by atoms with Crippen molar-refractivity contribution < 1.29 is 8.42 Å². The summed E-state index contributed by atoms with van der Waals surface area (Å²) >= 11 is 0. The molecular formula is C20H26N6O2S. The van der Waals surface area contributed by atoms with Crippen molar-refractivity contribution in [3.05, 3.63) is 42.2 Å². The SMILES string of the molecule is CCCC(C)NS(=O)(=O)c1ccc(N2CCN(c3ncccc3C#N)CC2)nc1. The van der Waals surface area contributed by atoms with Crippen LogP contribution in [-0.2, 0) is 10.0 Å². The molecule has 3 rings (SSSR count). The minimum absolute atomic E-state index is 0.109. The van der Waals surface area contributed by atoms with E-state index in [1.165, 1.54) is 6.20 Å². The zero-order valence-electron chi connectivity index (χ0n) is 16.7. The van der Waals surface area contributed by atoms with E-state index in [0.717, 1.165) is 18.7 Å². The van der Waals surface area contributed by atoms with Gasteiger partial charge < -0.3 is 9.80 Å². The summed E-state index contributed by atoms with van der Waals surface area (Å²) in [5.74, 6) is 1.45. The predicted octanol–water partition coefficient (Wildman–Crippen LogP) is 2.14. The zero-order valence-corrected chi connectivity index (χ0v) is 17.6. The molecule has 2 aromatic heterocycles. The van der Waals surface area contributed by atoms with Crippen molar-refractivity contribution >= 4 is 21.7 Å². The summed E-state index contributed by atoms with van der Waals surface area (Å²) in [6, 6.07) is 8.95. The molecular weight excluding hydrogens is 388 g/mol. The summed E-state index contributed by atoms with van der Waals surface area (Å²) in [4.78, 5) is 13.1. The lowest BCUT2D eigenvalue weighted by molar-refractivity contribution is 0.543. The monoisotopic (exact) mass is 414 g/mol. The van der Waals surface area contributed by atoms with Gasteiger partial charge in [0.25, 0.3) is 0 Å².